The van der Waals surface area contributed by atoms with Crippen LogP contribution in [0.2, 0.25) is 0 Å². The highest BCUT2D eigenvalue weighted by Crippen LogP contribution is 2.37. The predicted molar refractivity (Wildman–Crippen MR) is 94.8 cm³/mol. The molecule has 1 aromatic rings. The van der Waals surface area contributed by atoms with Crippen LogP contribution in [-0.2, 0) is 4.79 Å². The predicted octanol–water partition coefficient (Wildman–Crippen LogP) is 4.04. The number of aliphatic hydroxyl groups excluding tert-OH is 1. The largest absolute Gasteiger partial charge is 0.508 e. The molecule has 2 aliphatic rings. The van der Waals surface area contributed by atoms with E-state index in [-0.39, 0.29) is 17.5 Å². The minimum Gasteiger partial charge on any atom is -0.508 e. The van der Waals surface area contributed by atoms with Crippen molar-refractivity contribution in [1.29, 1.82) is 0 Å². The Balaban J connectivity index is 1.93. The third kappa shape index (κ3) is 3.68. The number of rotatable bonds is 2. The Morgan fingerprint density at radius 2 is 1.92 bits per heavy atom. The van der Waals surface area contributed by atoms with E-state index >= 15 is 0 Å². The van der Waals surface area contributed by atoms with Gasteiger partial charge in [0, 0.05) is 17.9 Å². The molecule has 3 heteroatoms. The van der Waals surface area contributed by atoms with Gasteiger partial charge in [0.15, 0.2) is 5.78 Å². The summed E-state index contributed by atoms with van der Waals surface area (Å²) in [5.74, 6) is 0.301. The van der Waals surface area contributed by atoms with E-state index in [2.05, 4.69) is 18.7 Å². The number of hydrogen-bond donors (Lipinski definition) is 2. The fraction of sp³-hybridized carbons (Fsp3) is 0.381. The second kappa shape index (κ2) is 7.18. The number of Topliss-reactive ketones (excluding diaryl/α,β-unsaturated/α-hetero) is 1. The first kappa shape index (κ1) is 16.7. The maximum absolute atomic E-state index is 12.6. The van der Waals surface area contributed by atoms with Gasteiger partial charge in [-0.1, -0.05) is 42.5 Å². The molecule has 0 heterocycles. The molecule has 0 spiro atoms. The standard InChI is InChI=1S/C21H24O3/c1-14-11-18(16-7-9-17(22)10-8-16)21(24)19(20(23)12-14)13-15-5-3-2-4-6-15/h2-3,7-10,13,15,18,21-22,24H,1,4-6,11-12H2/b19-13-. The highest BCUT2D eigenvalue weighted by atomic mass is 16.3. The number of carbonyl (C=O) groups is 1. The lowest BCUT2D eigenvalue weighted by Gasteiger charge is -2.24. The zero-order chi connectivity index (χ0) is 17.1. The minimum absolute atomic E-state index is 0.0108. The normalized spacial score (nSPS) is 29.7. The number of phenols is 1. The van der Waals surface area contributed by atoms with Crippen molar-refractivity contribution in [3.05, 3.63) is 65.8 Å². The molecule has 3 rings (SSSR count). The third-order valence-electron chi connectivity index (χ3n) is 4.99. The van der Waals surface area contributed by atoms with E-state index < -0.39 is 6.10 Å². The fourth-order valence-corrected chi connectivity index (χ4v) is 3.64. The number of aliphatic hydroxyl groups is 1. The molecular formula is C21H24O3. The van der Waals surface area contributed by atoms with Crippen LogP contribution in [0.15, 0.2) is 60.2 Å². The smallest absolute Gasteiger partial charge is 0.165 e. The summed E-state index contributed by atoms with van der Waals surface area (Å²) in [7, 11) is 0. The molecule has 0 aromatic heterocycles. The number of carbonyl (C=O) groups excluding carboxylic acids is 1. The molecule has 3 atom stereocenters. The molecule has 0 aliphatic heterocycles. The lowest BCUT2D eigenvalue weighted by molar-refractivity contribution is -0.115. The van der Waals surface area contributed by atoms with Crippen molar-refractivity contribution in [2.24, 2.45) is 5.92 Å². The van der Waals surface area contributed by atoms with Crippen LogP contribution in [0.5, 0.6) is 5.75 Å². The second-order valence-electron chi connectivity index (χ2n) is 6.86. The fourth-order valence-electron chi connectivity index (χ4n) is 3.64. The van der Waals surface area contributed by atoms with Gasteiger partial charge >= 0.3 is 0 Å². The molecule has 1 saturated carbocycles. The Morgan fingerprint density at radius 1 is 1.17 bits per heavy atom. The van der Waals surface area contributed by atoms with Gasteiger partial charge in [0.1, 0.15) is 5.75 Å². The summed E-state index contributed by atoms with van der Waals surface area (Å²) < 4.78 is 0. The van der Waals surface area contributed by atoms with Gasteiger partial charge in [-0.3, -0.25) is 4.79 Å². The van der Waals surface area contributed by atoms with Crippen LogP contribution in [0, 0.1) is 5.92 Å². The summed E-state index contributed by atoms with van der Waals surface area (Å²) in [5.41, 5.74) is 2.31. The zero-order valence-corrected chi connectivity index (χ0v) is 13.8. The first-order chi connectivity index (χ1) is 11.5. The van der Waals surface area contributed by atoms with Gasteiger partial charge in [0.2, 0.25) is 0 Å². The number of phenolic OH excluding ortho intramolecular Hbond substituents is 1. The first-order valence-corrected chi connectivity index (χ1v) is 8.58. The van der Waals surface area contributed by atoms with Crippen LogP contribution >= 0.6 is 0 Å². The van der Waals surface area contributed by atoms with Crippen LogP contribution in [0.25, 0.3) is 0 Å². The quantitative estimate of drug-likeness (QED) is 0.490. The van der Waals surface area contributed by atoms with Gasteiger partial charge in [0.25, 0.3) is 0 Å². The Hall–Kier alpha value is -2.13. The number of aromatic hydroxyl groups is 1. The molecule has 3 unspecified atom stereocenters. The molecular weight excluding hydrogens is 300 g/mol. The van der Waals surface area contributed by atoms with Crippen molar-refractivity contribution in [1.82, 2.24) is 0 Å². The van der Waals surface area contributed by atoms with E-state index in [9.17, 15) is 15.0 Å². The van der Waals surface area contributed by atoms with Crippen molar-refractivity contribution in [3.63, 3.8) is 0 Å². The summed E-state index contributed by atoms with van der Waals surface area (Å²) in [6.45, 7) is 4.01. The van der Waals surface area contributed by atoms with Crippen molar-refractivity contribution >= 4 is 5.78 Å². The van der Waals surface area contributed by atoms with E-state index in [1.165, 1.54) is 0 Å². The molecule has 0 saturated heterocycles. The third-order valence-corrected chi connectivity index (χ3v) is 4.99. The SMILES string of the molecule is C=C1CC(=O)/C(=C/C2CC=CCC2)C(O)C(c2ccc(O)cc2)C1. The van der Waals surface area contributed by atoms with Crippen LogP contribution in [0.1, 0.15) is 43.6 Å². The van der Waals surface area contributed by atoms with Crippen LogP contribution in [0.4, 0.5) is 0 Å². The van der Waals surface area contributed by atoms with E-state index in [1.54, 1.807) is 12.1 Å². The van der Waals surface area contributed by atoms with E-state index in [1.807, 2.05) is 18.2 Å². The van der Waals surface area contributed by atoms with Crippen LogP contribution in [-0.4, -0.2) is 22.1 Å². The van der Waals surface area contributed by atoms with Crippen molar-refractivity contribution in [2.75, 3.05) is 0 Å². The van der Waals surface area contributed by atoms with Crippen molar-refractivity contribution in [2.45, 2.75) is 44.1 Å². The Labute approximate surface area is 143 Å². The van der Waals surface area contributed by atoms with E-state index in [4.69, 9.17) is 0 Å². The van der Waals surface area contributed by atoms with Crippen molar-refractivity contribution in [3.8, 4) is 5.75 Å². The monoisotopic (exact) mass is 324 g/mol. The number of hydrogen-bond acceptors (Lipinski definition) is 3. The average molecular weight is 324 g/mol. The van der Waals surface area contributed by atoms with Crippen molar-refractivity contribution < 1.29 is 15.0 Å². The lowest BCUT2D eigenvalue weighted by Crippen LogP contribution is -2.24. The van der Waals surface area contributed by atoms with Gasteiger partial charge in [-0.25, -0.2) is 0 Å². The maximum atomic E-state index is 12.6. The molecule has 3 nitrogen and oxygen atoms in total. The first-order valence-electron chi connectivity index (χ1n) is 8.58. The highest BCUT2D eigenvalue weighted by Gasteiger charge is 2.33. The topological polar surface area (TPSA) is 57.5 Å². The summed E-state index contributed by atoms with van der Waals surface area (Å²) in [5, 5.41) is 20.4. The molecule has 2 aliphatic carbocycles. The Bertz CT molecular complexity index is 682. The van der Waals surface area contributed by atoms with Gasteiger partial charge in [-0.15, -0.1) is 0 Å². The van der Waals surface area contributed by atoms with Gasteiger partial charge in [-0.05, 0) is 49.3 Å². The average Bonchev–Trinajstić information content (AvgIpc) is 2.68. The lowest BCUT2D eigenvalue weighted by atomic mass is 9.84. The summed E-state index contributed by atoms with van der Waals surface area (Å²) in [6.07, 6.45) is 9.33. The van der Waals surface area contributed by atoms with Gasteiger partial charge in [-0.2, -0.15) is 0 Å². The number of allylic oxidation sites excluding steroid dienone is 4. The number of ketones is 1. The van der Waals surface area contributed by atoms with Gasteiger partial charge in [0.05, 0.1) is 6.10 Å². The zero-order valence-electron chi connectivity index (χ0n) is 13.8. The molecule has 126 valence electrons. The highest BCUT2D eigenvalue weighted by molar-refractivity contribution is 5.98. The Morgan fingerprint density at radius 3 is 2.58 bits per heavy atom. The summed E-state index contributed by atoms with van der Waals surface area (Å²) >= 11 is 0. The second-order valence-corrected chi connectivity index (χ2v) is 6.86. The molecule has 24 heavy (non-hydrogen) atoms. The summed E-state index contributed by atoms with van der Waals surface area (Å²) in [4.78, 5) is 12.6. The van der Waals surface area contributed by atoms with E-state index in [0.717, 1.165) is 30.4 Å². The molecule has 1 aromatic carbocycles. The maximum Gasteiger partial charge on any atom is 0.165 e. The minimum atomic E-state index is -0.827. The summed E-state index contributed by atoms with van der Waals surface area (Å²) in [6, 6.07) is 6.86. The van der Waals surface area contributed by atoms with Crippen LogP contribution < -0.4 is 0 Å². The Kier molecular flexibility index (Phi) is 5.00. The molecule has 0 bridgehead atoms. The molecule has 0 radical (unpaired) electrons. The van der Waals surface area contributed by atoms with Crippen LogP contribution in [0.3, 0.4) is 0 Å². The molecule has 0 amide bonds. The number of benzene rings is 1. The van der Waals surface area contributed by atoms with E-state index in [0.29, 0.717) is 24.3 Å². The molecule has 1 fully saturated rings. The molecule has 2 N–H and O–H groups in total. The van der Waals surface area contributed by atoms with Gasteiger partial charge < -0.3 is 10.2 Å².